The van der Waals surface area contributed by atoms with Crippen molar-refractivity contribution in [1.82, 2.24) is 4.57 Å². The fraction of sp³-hybridized carbons (Fsp3) is 0.160. The highest BCUT2D eigenvalue weighted by atomic mass is 35.5. The van der Waals surface area contributed by atoms with E-state index in [2.05, 4.69) is 0 Å². The van der Waals surface area contributed by atoms with E-state index in [1.54, 1.807) is 33.7 Å². The summed E-state index contributed by atoms with van der Waals surface area (Å²) in [6.07, 6.45) is 1.45. The Hall–Kier alpha value is -3.16. The minimum absolute atomic E-state index is 0.0352. The number of para-hydroxylation sites is 2. The fourth-order valence-corrected chi connectivity index (χ4v) is 5.81. The highest BCUT2D eigenvalue weighted by Crippen LogP contribution is 2.30. The van der Waals surface area contributed by atoms with Crippen LogP contribution in [-0.2, 0) is 26.9 Å². The number of sulfone groups is 1. The third kappa shape index (κ3) is 4.65. The predicted molar refractivity (Wildman–Crippen MR) is 129 cm³/mol. The highest BCUT2D eigenvalue weighted by Gasteiger charge is 2.25. The number of fused-ring (bicyclic) bond motifs is 1. The summed E-state index contributed by atoms with van der Waals surface area (Å²) < 4.78 is 42.5. The van der Waals surface area contributed by atoms with Crippen LogP contribution in [0.3, 0.4) is 0 Å². The predicted octanol–water partition coefficient (Wildman–Crippen LogP) is 5.46. The molecule has 0 saturated carbocycles. The summed E-state index contributed by atoms with van der Waals surface area (Å²) in [5, 5.41) is 0.527. The zero-order valence-electron chi connectivity index (χ0n) is 17.9. The van der Waals surface area contributed by atoms with Gasteiger partial charge in [-0.05, 0) is 37.3 Å². The lowest BCUT2D eigenvalue weighted by Crippen LogP contribution is -2.33. The Morgan fingerprint density at radius 2 is 1.70 bits per heavy atom. The number of nitrogens with zero attached hydrogens (tertiary/aromatic N) is 2. The average molecular weight is 485 g/mol. The van der Waals surface area contributed by atoms with Gasteiger partial charge in [-0.15, -0.1) is 0 Å². The molecule has 4 aromatic rings. The number of halogens is 2. The standard InChI is InChI=1S/C25H22ClFN2O3S/c1-2-29(18-9-4-3-5-10-18)25(30)16-28-15-24(19-11-6-7-14-23(19)28)33(31,32)17-20-21(26)12-8-13-22(20)27/h3-15H,2,16-17H2,1H3. The normalized spacial score (nSPS) is 11.6. The van der Waals surface area contributed by atoms with Crippen LogP contribution in [0.25, 0.3) is 10.9 Å². The Morgan fingerprint density at radius 1 is 1.00 bits per heavy atom. The second-order valence-electron chi connectivity index (χ2n) is 7.57. The molecule has 0 spiro atoms. The summed E-state index contributed by atoms with van der Waals surface area (Å²) >= 11 is 6.06. The largest absolute Gasteiger partial charge is 0.337 e. The number of carbonyl (C=O) groups is 1. The molecule has 0 saturated heterocycles. The zero-order valence-corrected chi connectivity index (χ0v) is 19.5. The molecule has 0 aliphatic carbocycles. The number of benzene rings is 3. The van der Waals surface area contributed by atoms with Crippen molar-refractivity contribution in [1.29, 1.82) is 0 Å². The van der Waals surface area contributed by atoms with Crippen LogP contribution >= 0.6 is 11.6 Å². The van der Waals surface area contributed by atoms with Gasteiger partial charge in [0.1, 0.15) is 12.4 Å². The van der Waals surface area contributed by atoms with Crippen LogP contribution in [0.1, 0.15) is 12.5 Å². The van der Waals surface area contributed by atoms with Gasteiger partial charge in [-0.25, -0.2) is 12.8 Å². The monoisotopic (exact) mass is 484 g/mol. The molecule has 1 amide bonds. The maximum Gasteiger partial charge on any atom is 0.246 e. The molecule has 170 valence electrons. The van der Waals surface area contributed by atoms with Crippen molar-refractivity contribution in [2.45, 2.75) is 24.1 Å². The van der Waals surface area contributed by atoms with Gasteiger partial charge in [0.2, 0.25) is 5.91 Å². The summed E-state index contributed by atoms with van der Waals surface area (Å²) in [5.74, 6) is -1.43. The molecule has 0 radical (unpaired) electrons. The molecule has 0 fully saturated rings. The van der Waals surface area contributed by atoms with Crippen LogP contribution in [0.4, 0.5) is 10.1 Å². The lowest BCUT2D eigenvalue weighted by molar-refractivity contribution is -0.119. The number of anilines is 1. The summed E-state index contributed by atoms with van der Waals surface area (Å²) in [6, 6.07) is 20.3. The van der Waals surface area contributed by atoms with Gasteiger partial charge >= 0.3 is 0 Å². The average Bonchev–Trinajstić information content (AvgIpc) is 3.17. The molecular weight excluding hydrogens is 463 g/mol. The maximum atomic E-state index is 14.3. The van der Waals surface area contributed by atoms with Gasteiger partial charge in [0.25, 0.3) is 0 Å². The molecule has 0 atom stereocenters. The third-order valence-electron chi connectivity index (χ3n) is 5.47. The second-order valence-corrected chi connectivity index (χ2v) is 9.94. The Morgan fingerprint density at radius 3 is 2.39 bits per heavy atom. The number of likely N-dealkylation sites (N-methyl/N-ethyl adjacent to an activating group) is 1. The van der Waals surface area contributed by atoms with Gasteiger partial charge in [-0.2, -0.15) is 0 Å². The van der Waals surface area contributed by atoms with Crippen molar-refractivity contribution in [2.75, 3.05) is 11.4 Å². The second kappa shape index (κ2) is 9.37. The third-order valence-corrected chi connectivity index (χ3v) is 7.49. The van der Waals surface area contributed by atoms with Gasteiger partial charge < -0.3 is 9.47 Å². The Balaban J connectivity index is 1.72. The number of hydrogen-bond acceptors (Lipinski definition) is 3. The van der Waals surface area contributed by atoms with Crippen molar-refractivity contribution >= 4 is 43.9 Å². The molecule has 5 nitrogen and oxygen atoms in total. The lowest BCUT2D eigenvalue weighted by atomic mass is 10.2. The Bertz CT molecular complexity index is 1400. The highest BCUT2D eigenvalue weighted by molar-refractivity contribution is 7.90. The van der Waals surface area contributed by atoms with E-state index in [4.69, 9.17) is 11.6 Å². The molecule has 4 rings (SSSR count). The molecule has 0 N–H and O–H groups in total. The van der Waals surface area contributed by atoms with E-state index in [0.29, 0.717) is 17.4 Å². The molecule has 3 aromatic carbocycles. The van der Waals surface area contributed by atoms with E-state index in [9.17, 15) is 17.6 Å². The maximum absolute atomic E-state index is 14.3. The van der Waals surface area contributed by atoms with Crippen LogP contribution in [0.5, 0.6) is 0 Å². The van der Waals surface area contributed by atoms with Gasteiger partial charge in [0.05, 0.1) is 10.6 Å². The number of carbonyl (C=O) groups excluding carboxylic acids is 1. The smallest absolute Gasteiger partial charge is 0.246 e. The molecule has 33 heavy (non-hydrogen) atoms. The summed E-state index contributed by atoms with van der Waals surface area (Å²) in [5.41, 5.74) is 1.30. The van der Waals surface area contributed by atoms with E-state index in [-0.39, 0.29) is 27.9 Å². The molecule has 0 aliphatic rings. The summed E-state index contributed by atoms with van der Waals surface area (Å²) in [4.78, 5) is 14.8. The minimum atomic E-state index is -3.95. The first-order valence-corrected chi connectivity index (χ1v) is 12.4. The Labute approximate surface area is 196 Å². The Kier molecular flexibility index (Phi) is 6.54. The number of hydrogen-bond donors (Lipinski definition) is 0. The first-order chi connectivity index (χ1) is 15.8. The van der Waals surface area contributed by atoms with E-state index in [1.807, 2.05) is 37.3 Å². The molecule has 1 aromatic heterocycles. The topological polar surface area (TPSA) is 59.4 Å². The number of aromatic nitrogens is 1. The van der Waals surface area contributed by atoms with Gasteiger partial charge in [-0.3, -0.25) is 4.79 Å². The quantitative estimate of drug-likeness (QED) is 0.350. The van der Waals surface area contributed by atoms with Crippen LogP contribution in [-0.4, -0.2) is 25.4 Å². The molecule has 0 bridgehead atoms. The molecule has 8 heteroatoms. The van der Waals surface area contributed by atoms with E-state index < -0.39 is 21.4 Å². The van der Waals surface area contributed by atoms with Crippen LogP contribution in [0.15, 0.2) is 83.9 Å². The fourth-order valence-electron chi connectivity index (χ4n) is 3.87. The number of rotatable bonds is 7. The van der Waals surface area contributed by atoms with E-state index in [0.717, 1.165) is 5.69 Å². The molecule has 0 unspecified atom stereocenters. The van der Waals surface area contributed by atoms with Gasteiger partial charge in [0, 0.05) is 39.9 Å². The van der Waals surface area contributed by atoms with Crippen molar-refractivity contribution < 1.29 is 17.6 Å². The molecule has 1 heterocycles. The first kappa shape index (κ1) is 23.0. The van der Waals surface area contributed by atoms with Gasteiger partial charge in [0.15, 0.2) is 9.84 Å². The first-order valence-electron chi connectivity index (χ1n) is 10.4. The van der Waals surface area contributed by atoms with Gasteiger partial charge in [-0.1, -0.05) is 54.1 Å². The molecular formula is C25H22ClFN2O3S. The van der Waals surface area contributed by atoms with Crippen molar-refractivity contribution in [3.8, 4) is 0 Å². The molecule has 0 aliphatic heterocycles. The van der Waals surface area contributed by atoms with E-state index >= 15 is 0 Å². The summed E-state index contributed by atoms with van der Waals surface area (Å²) in [7, 11) is -3.95. The van der Waals surface area contributed by atoms with Crippen molar-refractivity contribution in [3.05, 3.63) is 95.4 Å². The van der Waals surface area contributed by atoms with Crippen LogP contribution in [0, 0.1) is 5.82 Å². The SMILES string of the molecule is CCN(C(=O)Cn1cc(S(=O)(=O)Cc2c(F)cccc2Cl)c2ccccc21)c1ccccc1. The van der Waals surface area contributed by atoms with Crippen LogP contribution in [0.2, 0.25) is 5.02 Å². The van der Waals surface area contributed by atoms with Crippen LogP contribution < -0.4 is 4.90 Å². The van der Waals surface area contributed by atoms with E-state index in [1.165, 1.54) is 24.4 Å². The van der Waals surface area contributed by atoms with Crippen molar-refractivity contribution in [2.24, 2.45) is 0 Å². The zero-order chi connectivity index (χ0) is 23.6. The van der Waals surface area contributed by atoms with Crippen molar-refractivity contribution in [3.63, 3.8) is 0 Å². The summed E-state index contributed by atoms with van der Waals surface area (Å²) in [6.45, 7) is 2.31. The lowest BCUT2D eigenvalue weighted by Gasteiger charge is -2.21. The minimum Gasteiger partial charge on any atom is -0.337 e. The number of amides is 1.